The van der Waals surface area contributed by atoms with Crippen molar-refractivity contribution in [3.8, 4) is 11.1 Å². The van der Waals surface area contributed by atoms with Gasteiger partial charge in [-0.1, -0.05) is 36.4 Å². The molecule has 2 aliphatic heterocycles. The Kier molecular flexibility index (Phi) is 5.12. The standard InChI is InChI=1S/C23H26FN5/c24-20-4-1-3-19(15-20)18-8-6-17(7-9-18)16-28-13-2-5-21(28)23-27-26-22-10-11-25-12-14-29(22)23/h1,3-4,6-9,15,21,25H,2,5,10-14,16H2/t21-/m1/s1. The summed E-state index contributed by atoms with van der Waals surface area (Å²) in [6.07, 6.45) is 3.26. The van der Waals surface area contributed by atoms with Crippen molar-refractivity contribution in [3.05, 3.63) is 71.6 Å². The van der Waals surface area contributed by atoms with E-state index >= 15 is 0 Å². The average molecular weight is 391 g/mol. The Morgan fingerprint density at radius 2 is 1.90 bits per heavy atom. The normalized spacial score (nSPS) is 19.8. The minimum Gasteiger partial charge on any atom is -0.315 e. The fraction of sp³-hybridized carbons (Fsp3) is 0.391. The summed E-state index contributed by atoms with van der Waals surface area (Å²) in [5, 5.41) is 12.5. The van der Waals surface area contributed by atoms with Gasteiger partial charge in [0.25, 0.3) is 0 Å². The van der Waals surface area contributed by atoms with Gasteiger partial charge in [-0.05, 0) is 48.2 Å². The lowest BCUT2D eigenvalue weighted by Crippen LogP contribution is -2.26. The molecule has 1 N–H and O–H groups in total. The van der Waals surface area contributed by atoms with Gasteiger partial charge in [0.15, 0.2) is 0 Å². The van der Waals surface area contributed by atoms with Crippen LogP contribution in [0.25, 0.3) is 11.1 Å². The minimum absolute atomic E-state index is 0.200. The number of rotatable bonds is 4. The number of benzene rings is 2. The van der Waals surface area contributed by atoms with Gasteiger partial charge >= 0.3 is 0 Å². The van der Waals surface area contributed by atoms with Crippen LogP contribution in [0.2, 0.25) is 0 Å². The molecule has 1 atom stereocenters. The zero-order valence-corrected chi connectivity index (χ0v) is 16.5. The summed E-state index contributed by atoms with van der Waals surface area (Å²) in [7, 11) is 0. The Bertz CT molecular complexity index is 981. The highest BCUT2D eigenvalue weighted by Gasteiger charge is 2.31. The van der Waals surface area contributed by atoms with Crippen LogP contribution in [0.15, 0.2) is 48.5 Å². The van der Waals surface area contributed by atoms with E-state index in [1.54, 1.807) is 12.1 Å². The Labute approximate surface area is 170 Å². The second kappa shape index (κ2) is 8.05. The fourth-order valence-electron chi connectivity index (χ4n) is 4.55. The van der Waals surface area contributed by atoms with E-state index in [9.17, 15) is 4.39 Å². The minimum atomic E-state index is -0.200. The van der Waals surface area contributed by atoms with Gasteiger partial charge in [-0.25, -0.2) is 4.39 Å². The first-order chi connectivity index (χ1) is 14.3. The summed E-state index contributed by atoms with van der Waals surface area (Å²) in [5.74, 6) is 2.03. The molecular formula is C23H26FN5. The van der Waals surface area contributed by atoms with Crippen LogP contribution >= 0.6 is 0 Å². The first-order valence-electron chi connectivity index (χ1n) is 10.5. The summed E-state index contributed by atoms with van der Waals surface area (Å²) in [6, 6.07) is 15.6. The van der Waals surface area contributed by atoms with Crippen LogP contribution in [-0.2, 0) is 19.5 Å². The molecule has 3 heterocycles. The van der Waals surface area contributed by atoms with Crippen molar-refractivity contribution < 1.29 is 4.39 Å². The number of likely N-dealkylation sites (tertiary alicyclic amines) is 1. The zero-order chi connectivity index (χ0) is 19.6. The van der Waals surface area contributed by atoms with Crippen LogP contribution in [0, 0.1) is 5.82 Å². The van der Waals surface area contributed by atoms with E-state index in [0.29, 0.717) is 6.04 Å². The molecule has 0 aliphatic carbocycles. The molecule has 0 saturated carbocycles. The van der Waals surface area contributed by atoms with E-state index in [1.807, 2.05) is 6.07 Å². The van der Waals surface area contributed by atoms with E-state index < -0.39 is 0 Å². The quantitative estimate of drug-likeness (QED) is 0.739. The molecule has 0 bridgehead atoms. The summed E-state index contributed by atoms with van der Waals surface area (Å²) in [4.78, 5) is 2.52. The lowest BCUT2D eigenvalue weighted by atomic mass is 10.0. The number of hydrogen-bond donors (Lipinski definition) is 1. The first kappa shape index (κ1) is 18.5. The van der Waals surface area contributed by atoms with Crippen LogP contribution in [0.3, 0.4) is 0 Å². The molecule has 2 aliphatic rings. The number of nitrogens with zero attached hydrogens (tertiary/aromatic N) is 4. The van der Waals surface area contributed by atoms with Crippen molar-refractivity contribution in [2.45, 2.75) is 38.4 Å². The maximum atomic E-state index is 13.5. The molecule has 0 amide bonds. The Morgan fingerprint density at radius 1 is 1.00 bits per heavy atom. The third kappa shape index (κ3) is 3.82. The molecule has 0 spiro atoms. The summed E-state index contributed by atoms with van der Waals surface area (Å²) < 4.78 is 15.8. The molecule has 3 aromatic rings. The monoisotopic (exact) mass is 391 g/mol. The third-order valence-corrected chi connectivity index (χ3v) is 6.05. The highest BCUT2D eigenvalue weighted by atomic mass is 19.1. The molecule has 5 nitrogen and oxygen atoms in total. The van der Waals surface area contributed by atoms with Crippen LogP contribution in [-0.4, -0.2) is 39.3 Å². The summed E-state index contributed by atoms with van der Waals surface area (Å²) >= 11 is 0. The van der Waals surface area contributed by atoms with Crippen molar-refractivity contribution in [1.29, 1.82) is 0 Å². The summed E-state index contributed by atoms with van der Waals surface area (Å²) in [5.41, 5.74) is 3.23. The Morgan fingerprint density at radius 3 is 2.76 bits per heavy atom. The Balaban J connectivity index is 1.33. The van der Waals surface area contributed by atoms with Gasteiger partial charge in [0, 0.05) is 32.6 Å². The predicted octanol–water partition coefficient (Wildman–Crippen LogP) is 3.57. The molecule has 150 valence electrons. The van der Waals surface area contributed by atoms with Gasteiger partial charge in [-0.15, -0.1) is 10.2 Å². The topological polar surface area (TPSA) is 46.0 Å². The number of aromatic nitrogens is 3. The van der Waals surface area contributed by atoms with Gasteiger partial charge in [0.05, 0.1) is 6.04 Å². The van der Waals surface area contributed by atoms with Crippen molar-refractivity contribution >= 4 is 0 Å². The molecule has 5 rings (SSSR count). The first-order valence-corrected chi connectivity index (χ1v) is 10.5. The third-order valence-electron chi connectivity index (χ3n) is 6.05. The van der Waals surface area contributed by atoms with E-state index in [1.165, 1.54) is 18.1 Å². The lowest BCUT2D eigenvalue weighted by Gasteiger charge is -2.24. The maximum absolute atomic E-state index is 13.5. The molecule has 1 saturated heterocycles. The zero-order valence-electron chi connectivity index (χ0n) is 16.5. The van der Waals surface area contributed by atoms with Gasteiger partial charge in [0.2, 0.25) is 0 Å². The molecule has 0 unspecified atom stereocenters. The molecule has 0 radical (unpaired) electrons. The molecule has 1 fully saturated rings. The second-order valence-corrected chi connectivity index (χ2v) is 7.96. The van der Waals surface area contributed by atoms with Gasteiger partial charge < -0.3 is 9.88 Å². The van der Waals surface area contributed by atoms with Gasteiger partial charge in [-0.3, -0.25) is 4.90 Å². The van der Waals surface area contributed by atoms with E-state index in [2.05, 4.69) is 49.2 Å². The second-order valence-electron chi connectivity index (χ2n) is 7.96. The van der Waals surface area contributed by atoms with Crippen LogP contribution in [0.5, 0.6) is 0 Å². The molecule has 6 heteroatoms. The predicted molar refractivity (Wildman–Crippen MR) is 111 cm³/mol. The average Bonchev–Trinajstić information content (AvgIpc) is 3.28. The van der Waals surface area contributed by atoms with Crippen LogP contribution in [0.4, 0.5) is 4.39 Å². The SMILES string of the molecule is Fc1cccc(-c2ccc(CN3CCC[C@@H]3c3nnc4n3CCNCC4)cc2)c1. The van der Waals surface area contributed by atoms with E-state index in [4.69, 9.17) is 0 Å². The smallest absolute Gasteiger partial charge is 0.150 e. The number of fused-ring (bicyclic) bond motifs is 1. The Hall–Kier alpha value is -2.57. The maximum Gasteiger partial charge on any atom is 0.150 e. The van der Waals surface area contributed by atoms with Crippen molar-refractivity contribution in [1.82, 2.24) is 25.0 Å². The van der Waals surface area contributed by atoms with Crippen molar-refractivity contribution in [2.75, 3.05) is 19.6 Å². The number of halogens is 1. The fourth-order valence-corrected chi connectivity index (χ4v) is 4.55. The van der Waals surface area contributed by atoms with E-state index in [-0.39, 0.29) is 5.82 Å². The van der Waals surface area contributed by atoms with Crippen molar-refractivity contribution in [2.24, 2.45) is 0 Å². The molecular weight excluding hydrogens is 365 g/mol. The molecule has 1 aromatic heterocycles. The molecule has 2 aromatic carbocycles. The largest absolute Gasteiger partial charge is 0.315 e. The van der Waals surface area contributed by atoms with Gasteiger partial charge in [0.1, 0.15) is 17.5 Å². The highest BCUT2D eigenvalue weighted by Crippen LogP contribution is 2.33. The van der Waals surface area contributed by atoms with E-state index in [0.717, 1.165) is 68.3 Å². The highest BCUT2D eigenvalue weighted by molar-refractivity contribution is 5.63. The number of hydrogen-bond acceptors (Lipinski definition) is 4. The lowest BCUT2D eigenvalue weighted by molar-refractivity contribution is 0.234. The van der Waals surface area contributed by atoms with Crippen molar-refractivity contribution in [3.63, 3.8) is 0 Å². The molecule has 29 heavy (non-hydrogen) atoms. The van der Waals surface area contributed by atoms with Crippen LogP contribution in [0.1, 0.15) is 36.1 Å². The van der Waals surface area contributed by atoms with Gasteiger partial charge in [-0.2, -0.15) is 0 Å². The number of nitrogens with one attached hydrogen (secondary N) is 1. The van der Waals surface area contributed by atoms with Crippen LogP contribution < -0.4 is 5.32 Å². The summed E-state index contributed by atoms with van der Waals surface area (Å²) in [6.45, 7) is 4.88.